The molecule has 4 aromatic rings. The normalized spacial score (nSPS) is 10.6. The van der Waals surface area contributed by atoms with Crippen molar-refractivity contribution >= 4 is 45.6 Å². The minimum atomic E-state index is -0.315. The molecule has 0 atom stereocenters. The fraction of sp³-hybridized carbons (Fsp3) is 0.0833. The van der Waals surface area contributed by atoms with Crippen LogP contribution in [0.1, 0.15) is 15.9 Å². The van der Waals surface area contributed by atoms with Gasteiger partial charge in [0.2, 0.25) is 5.91 Å². The van der Waals surface area contributed by atoms with Crippen molar-refractivity contribution in [2.45, 2.75) is 6.54 Å². The highest BCUT2D eigenvalue weighted by atomic mass is 35.5. The van der Waals surface area contributed by atoms with Crippen LogP contribution < -0.4 is 11.1 Å². The van der Waals surface area contributed by atoms with Crippen molar-refractivity contribution in [2.75, 3.05) is 17.6 Å². The van der Waals surface area contributed by atoms with Gasteiger partial charge >= 0.3 is 0 Å². The minimum Gasteiger partial charge on any atom is -0.375 e. The standard InChI is InChI=1S/C24H20ClN5O2S/c25-19-3-1-2-16(12-19)13-30(23(32)18-8-10-27-11-9-18)14-22(31)28-20-6-4-17(5-7-20)21-15-33-24(26)29-21/h1-12,15H,13-14H2,(H2,26,29)(H,28,31). The maximum Gasteiger partial charge on any atom is 0.254 e. The number of hydrogen-bond acceptors (Lipinski definition) is 6. The minimum absolute atomic E-state index is 0.127. The summed E-state index contributed by atoms with van der Waals surface area (Å²) >= 11 is 7.47. The average molecular weight is 478 g/mol. The molecule has 4 rings (SSSR count). The summed E-state index contributed by atoms with van der Waals surface area (Å²) in [5, 5.41) is 5.79. The van der Waals surface area contributed by atoms with Crippen molar-refractivity contribution in [3.8, 4) is 11.3 Å². The lowest BCUT2D eigenvalue weighted by atomic mass is 10.1. The van der Waals surface area contributed by atoms with Gasteiger partial charge in [0.25, 0.3) is 5.91 Å². The first-order valence-electron chi connectivity index (χ1n) is 10.0. The maximum atomic E-state index is 13.1. The van der Waals surface area contributed by atoms with E-state index in [2.05, 4.69) is 15.3 Å². The molecule has 33 heavy (non-hydrogen) atoms. The highest BCUT2D eigenvalue weighted by molar-refractivity contribution is 7.13. The number of aromatic nitrogens is 2. The average Bonchev–Trinajstić information content (AvgIpc) is 3.25. The van der Waals surface area contributed by atoms with Crippen LogP contribution in [0, 0.1) is 0 Å². The van der Waals surface area contributed by atoms with E-state index in [1.807, 2.05) is 29.6 Å². The van der Waals surface area contributed by atoms with Crippen molar-refractivity contribution < 1.29 is 9.59 Å². The van der Waals surface area contributed by atoms with E-state index in [0.29, 0.717) is 21.4 Å². The Balaban J connectivity index is 1.47. The van der Waals surface area contributed by atoms with E-state index < -0.39 is 0 Å². The molecule has 3 N–H and O–H groups in total. The molecule has 0 radical (unpaired) electrons. The molecule has 2 amide bonds. The van der Waals surface area contributed by atoms with Crippen LogP contribution in [0.2, 0.25) is 5.02 Å². The van der Waals surface area contributed by atoms with Crippen molar-refractivity contribution in [1.29, 1.82) is 0 Å². The van der Waals surface area contributed by atoms with E-state index in [9.17, 15) is 9.59 Å². The first-order valence-corrected chi connectivity index (χ1v) is 11.3. The number of halogens is 1. The first-order chi connectivity index (χ1) is 16.0. The van der Waals surface area contributed by atoms with Crippen LogP contribution in [0.25, 0.3) is 11.3 Å². The van der Waals surface area contributed by atoms with Gasteiger partial charge in [0.1, 0.15) is 6.54 Å². The Hall–Kier alpha value is -3.75. The van der Waals surface area contributed by atoms with E-state index in [4.69, 9.17) is 17.3 Å². The lowest BCUT2D eigenvalue weighted by Gasteiger charge is -2.22. The summed E-state index contributed by atoms with van der Waals surface area (Å²) in [6.45, 7) is 0.108. The molecule has 0 aliphatic carbocycles. The Labute approximate surface area is 199 Å². The molecule has 2 heterocycles. The quantitative estimate of drug-likeness (QED) is 0.401. The number of benzene rings is 2. The molecule has 9 heteroatoms. The molecule has 0 unspecified atom stereocenters. The molecule has 0 aliphatic rings. The molecular formula is C24H20ClN5O2S. The van der Waals surface area contributed by atoms with Crippen molar-refractivity contribution in [2.24, 2.45) is 0 Å². The second-order valence-electron chi connectivity index (χ2n) is 7.22. The predicted molar refractivity (Wildman–Crippen MR) is 131 cm³/mol. The Kier molecular flexibility index (Phi) is 6.97. The number of pyridine rings is 1. The number of thiazole rings is 1. The number of nitrogen functional groups attached to an aromatic ring is 1. The molecule has 2 aromatic heterocycles. The van der Waals surface area contributed by atoms with Gasteiger partial charge in [-0.25, -0.2) is 4.98 Å². The number of nitrogens with one attached hydrogen (secondary N) is 1. The molecule has 0 spiro atoms. The highest BCUT2D eigenvalue weighted by Gasteiger charge is 2.20. The second kappa shape index (κ2) is 10.2. The van der Waals surface area contributed by atoms with Crippen LogP contribution in [-0.4, -0.2) is 33.2 Å². The fourth-order valence-corrected chi connectivity index (χ4v) is 4.04. The SMILES string of the molecule is Nc1nc(-c2ccc(NC(=O)CN(Cc3cccc(Cl)c3)C(=O)c3ccncc3)cc2)cs1. The van der Waals surface area contributed by atoms with E-state index in [1.165, 1.54) is 16.2 Å². The van der Waals surface area contributed by atoms with Crippen LogP contribution in [0.4, 0.5) is 10.8 Å². The van der Waals surface area contributed by atoms with E-state index in [1.54, 1.807) is 48.8 Å². The summed E-state index contributed by atoms with van der Waals surface area (Å²) < 4.78 is 0. The third-order valence-electron chi connectivity index (χ3n) is 4.80. The smallest absolute Gasteiger partial charge is 0.254 e. The summed E-state index contributed by atoms with van der Waals surface area (Å²) in [6, 6.07) is 17.7. The molecule has 7 nitrogen and oxygen atoms in total. The molecular weight excluding hydrogens is 458 g/mol. The van der Waals surface area contributed by atoms with Crippen LogP contribution in [0.5, 0.6) is 0 Å². The van der Waals surface area contributed by atoms with Gasteiger partial charge < -0.3 is 16.0 Å². The van der Waals surface area contributed by atoms with E-state index >= 15 is 0 Å². The zero-order valence-corrected chi connectivity index (χ0v) is 19.0. The lowest BCUT2D eigenvalue weighted by molar-refractivity contribution is -0.117. The predicted octanol–water partition coefficient (Wildman–Crippen LogP) is 4.72. The van der Waals surface area contributed by atoms with Crippen LogP contribution in [0.3, 0.4) is 0 Å². The summed E-state index contributed by atoms with van der Waals surface area (Å²) in [4.78, 5) is 35.6. The van der Waals surface area contributed by atoms with Gasteiger partial charge in [-0.3, -0.25) is 14.6 Å². The van der Waals surface area contributed by atoms with Crippen molar-refractivity contribution in [1.82, 2.24) is 14.9 Å². The fourth-order valence-electron chi connectivity index (χ4n) is 3.25. The number of hydrogen-bond donors (Lipinski definition) is 2. The Bertz CT molecular complexity index is 1260. The summed E-state index contributed by atoms with van der Waals surface area (Å²) in [5.74, 6) is -0.589. The zero-order chi connectivity index (χ0) is 23.2. The number of carbonyl (C=O) groups excluding carboxylic acids is 2. The Morgan fingerprint density at radius 1 is 1.06 bits per heavy atom. The largest absolute Gasteiger partial charge is 0.375 e. The third-order valence-corrected chi connectivity index (χ3v) is 5.71. The van der Waals surface area contributed by atoms with Gasteiger partial charge in [0, 0.05) is 46.2 Å². The van der Waals surface area contributed by atoms with Gasteiger partial charge in [-0.15, -0.1) is 11.3 Å². The van der Waals surface area contributed by atoms with Gasteiger partial charge in [-0.1, -0.05) is 35.9 Å². The van der Waals surface area contributed by atoms with Crippen molar-refractivity contribution in [3.63, 3.8) is 0 Å². The first kappa shape index (κ1) is 22.4. The number of carbonyl (C=O) groups is 2. The number of rotatable bonds is 7. The summed E-state index contributed by atoms with van der Waals surface area (Å²) in [5.41, 5.74) is 9.27. The number of anilines is 2. The van der Waals surface area contributed by atoms with Crippen LogP contribution in [-0.2, 0) is 11.3 Å². The molecule has 166 valence electrons. The van der Waals surface area contributed by atoms with Gasteiger partial charge in [-0.2, -0.15) is 0 Å². The maximum absolute atomic E-state index is 13.1. The monoisotopic (exact) mass is 477 g/mol. The molecule has 0 saturated heterocycles. The molecule has 0 aliphatic heterocycles. The third kappa shape index (κ3) is 5.94. The molecule has 0 fully saturated rings. The molecule has 0 saturated carbocycles. The number of nitrogens with two attached hydrogens (primary N) is 1. The lowest BCUT2D eigenvalue weighted by Crippen LogP contribution is -2.37. The highest BCUT2D eigenvalue weighted by Crippen LogP contribution is 2.24. The van der Waals surface area contributed by atoms with Gasteiger partial charge in [0.15, 0.2) is 5.13 Å². The second-order valence-corrected chi connectivity index (χ2v) is 8.55. The van der Waals surface area contributed by atoms with E-state index in [-0.39, 0.29) is 24.9 Å². The molecule has 0 bridgehead atoms. The zero-order valence-electron chi connectivity index (χ0n) is 17.4. The molecule has 2 aromatic carbocycles. The summed E-state index contributed by atoms with van der Waals surface area (Å²) in [7, 11) is 0. The summed E-state index contributed by atoms with van der Waals surface area (Å²) in [6.07, 6.45) is 3.09. The Morgan fingerprint density at radius 2 is 1.82 bits per heavy atom. The van der Waals surface area contributed by atoms with E-state index in [0.717, 1.165) is 16.8 Å². The topological polar surface area (TPSA) is 101 Å². The number of amides is 2. The number of nitrogens with zero attached hydrogens (tertiary/aromatic N) is 3. The van der Waals surface area contributed by atoms with Gasteiger partial charge in [-0.05, 0) is 42.0 Å². The van der Waals surface area contributed by atoms with Gasteiger partial charge in [0.05, 0.1) is 5.69 Å². The van der Waals surface area contributed by atoms with Crippen LogP contribution in [0.15, 0.2) is 78.4 Å². The van der Waals surface area contributed by atoms with Crippen molar-refractivity contribution in [3.05, 3.63) is 94.6 Å². The Morgan fingerprint density at radius 3 is 2.48 bits per heavy atom. The van der Waals surface area contributed by atoms with Crippen LogP contribution >= 0.6 is 22.9 Å².